The molecule has 3 aromatic rings. The lowest BCUT2D eigenvalue weighted by Crippen LogP contribution is -2.04. The van der Waals surface area contributed by atoms with Gasteiger partial charge in [0.15, 0.2) is 4.77 Å². The van der Waals surface area contributed by atoms with E-state index in [2.05, 4.69) is 63.6 Å². The van der Waals surface area contributed by atoms with Gasteiger partial charge >= 0.3 is 0 Å². The molecule has 1 N–H and O–H groups in total. The largest absolute Gasteiger partial charge is 0.331 e. The van der Waals surface area contributed by atoms with E-state index in [0.29, 0.717) is 0 Å². The van der Waals surface area contributed by atoms with Crippen LogP contribution in [0.2, 0.25) is 0 Å². The fourth-order valence-electron chi connectivity index (χ4n) is 2.28. The Morgan fingerprint density at radius 1 is 1.32 bits per heavy atom. The van der Waals surface area contributed by atoms with Crippen LogP contribution in [0, 0.1) is 11.7 Å². The molecule has 2 aromatic heterocycles. The predicted molar refractivity (Wildman–Crippen MR) is 87.7 cm³/mol. The molecule has 0 aliphatic heterocycles. The maximum atomic E-state index is 5.48. The summed E-state index contributed by atoms with van der Waals surface area (Å²) in [7, 11) is 0. The number of hydrogen-bond acceptors (Lipinski definition) is 2. The number of rotatable bonds is 2. The molecule has 0 fully saturated rings. The lowest BCUT2D eigenvalue weighted by Gasteiger charge is -2.13. The molecule has 0 saturated carbocycles. The average Bonchev–Trinajstić information content (AvgIpc) is 2.91. The Morgan fingerprint density at radius 2 is 2.11 bits per heavy atom. The van der Waals surface area contributed by atoms with Gasteiger partial charge in [-0.25, -0.2) is 0 Å². The molecule has 3 rings (SSSR count). The number of aromatic amines is 1. The van der Waals surface area contributed by atoms with Gasteiger partial charge in [0, 0.05) is 14.2 Å². The Kier molecular flexibility index (Phi) is 3.37. The number of aryl methyl sites for hydroxylation is 1. The third-order valence-corrected chi connectivity index (χ3v) is 5.20. The van der Waals surface area contributed by atoms with E-state index in [0.717, 1.165) is 20.3 Å². The van der Waals surface area contributed by atoms with E-state index < -0.39 is 0 Å². The SMILES string of the molecule is Cc1ccc(C(C)n2c(=S)[nH]c3ccc(Br)cc32)s1. The summed E-state index contributed by atoms with van der Waals surface area (Å²) in [5, 5.41) is 0. The van der Waals surface area contributed by atoms with Gasteiger partial charge in [-0.3, -0.25) is 0 Å². The van der Waals surface area contributed by atoms with Crippen molar-refractivity contribution in [2.24, 2.45) is 0 Å². The minimum absolute atomic E-state index is 0.245. The van der Waals surface area contributed by atoms with Gasteiger partial charge in [0.25, 0.3) is 0 Å². The number of H-pyrrole nitrogens is 1. The molecule has 19 heavy (non-hydrogen) atoms. The van der Waals surface area contributed by atoms with Crippen LogP contribution in [0.5, 0.6) is 0 Å². The maximum Gasteiger partial charge on any atom is 0.178 e. The number of halogens is 1. The number of nitrogens with one attached hydrogen (secondary N) is 1. The zero-order chi connectivity index (χ0) is 13.6. The molecule has 98 valence electrons. The van der Waals surface area contributed by atoms with Crippen molar-refractivity contribution in [3.8, 4) is 0 Å². The average molecular weight is 353 g/mol. The molecule has 0 aliphatic rings. The van der Waals surface area contributed by atoms with E-state index in [9.17, 15) is 0 Å². The summed E-state index contributed by atoms with van der Waals surface area (Å²) in [6.07, 6.45) is 0. The Labute approximate surface area is 129 Å². The number of benzene rings is 1. The van der Waals surface area contributed by atoms with Crippen molar-refractivity contribution >= 4 is 50.5 Å². The molecule has 5 heteroatoms. The highest BCUT2D eigenvalue weighted by molar-refractivity contribution is 9.10. The first kappa shape index (κ1) is 13.1. The number of hydrogen-bond donors (Lipinski definition) is 1. The molecule has 0 spiro atoms. The van der Waals surface area contributed by atoms with Gasteiger partial charge in [-0.1, -0.05) is 15.9 Å². The van der Waals surface area contributed by atoms with Crippen LogP contribution in [0.3, 0.4) is 0 Å². The molecule has 0 radical (unpaired) electrons. The highest BCUT2D eigenvalue weighted by atomic mass is 79.9. The van der Waals surface area contributed by atoms with Crippen molar-refractivity contribution in [1.29, 1.82) is 0 Å². The van der Waals surface area contributed by atoms with E-state index in [-0.39, 0.29) is 6.04 Å². The molecular weight excluding hydrogens is 340 g/mol. The molecule has 0 aliphatic carbocycles. The number of fused-ring (bicyclic) bond motifs is 1. The van der Waals surface area contributed by atoms with E-state index in [4.69, 9.17) is 12.2 Å². The molecule has 1 aromatic carbocycles. The second-order valence-electron chi connectivity index (χ2n) is 4.59. The van der Waals surface area contributed by atoms with Crippen LogP contribution < -0.4 is 0 Å². The molecule has 0 amide bonds. The van der Waals surface area contributed by atoms with Crippen LogP contribution in [0.15, 0.2) is 34.8 Å². The zero-order valence-corrected chi connectivity index (χ0v) is 13.8. The van der Waals surface area contributed by atoms with Crippen LogP contribution >= 0.6 is 39.5 Å². The number of thiophene rings is 1. The lowest BCUT2D eigenvalue weighted by atomic mass is 10.2. The Balaban J connectivity index is 2.21. The van der Waals surface area contributed by atoms with E-state index in [1.165, 1.54) is 9.75 Å². The van der Waals surface area contributed by atoms with Crippen molar-refractivity contribution in [2.75, 3.05) is 0 Å². The summed E-state index contributed by atoms with van der Waals surface area (Å²) < 4.78 is 4.02. The maximum absolute atomic E-state index is 5.48. The Morgan fingerprint density at radius 3 is 2.79 bits per heavy atom. The normalized spacial score (nSPS) is 13.0. The van der Waals surface area contributed by atoms with Gasteiger partial charge < -0.3 is 9.55 Å². The highest BCUT2D eigenvalue weighted by Gasteiger charge is 2.14. The number of aromatic nitrogens is 2. The molecule has 2 nitrogen and oxygen atoms in total. The summed E-state index contributed by atoms with van der Waals surface area (Å²) >= 11 is 10.8. The predicted octanol–water partition coefficient (Wildman–Crippen LogP) is 5.44. The Bertz CT molecular complexity index is 797. The minimum atomic E-state index is 0.245. The first-order valence-corrected chi connectivity index (χ1v) is 8.04. The topological polar surface area (TPSA) is 20.7 Å². The minimum Gasteiger partial charge on any atom is -0.331 e. The van der Waals surface area contributed by atoms with Gasteiger partial charge in [0.2, 0.25) is 0 Å². The van der Waals surface area contributed by atoms with Gasteiger partial charge in [-0.05, 0) is 56.4 Å². The van der Waals surface area contributed by atoms with Gasteiger partial charge in [0.1, 0.15) is 0 Å². The summed E-state index contributed by atoms with van der Waals surface area (Å²) in [6, 6.07) is 10.8. The van der Waals surface area contributed by atoms with Crippen molar-refractivity contribution in [1.82, 2.24) is 9.55 Å². The zero-order valence-electron chi connectivity index (χ0n) is 10.6. The van der Waals surface area contributed by atoms with Gasteiger partial charge in [0.05, 0.1) is 17.1 Å². The van der Waals surface area contributed by atoms with E-state index in [1.54, 1.807) is 0 Å². The van der Waals surface area contributed by atoms with Gasteiger partial charge in [-0.2, -0.15) is 0 Å². The fourth-order valence-corrected chi connectivity index (χ4v) is 3.92. The summed E-state index contributed by atoms with van der Waals surface area (Å²) in [4.78, 5) is 5.93. The van der Waals surface area contributed by atoms with Crippen LogP contribution in [0.1, 0.15) is 22.7 Å². The van der Waals surface area contributed by atoms with Crippen molar-refractivity contribution in [2.45, 2.75) is 19.9 Å². The smallest absolute Gasteiger partial charge is 0.178 e. The molecule has 1 atom stereocenters. The first-order chi connectivity index (χ1) is 9.06. The summed E-state index contributed by atoms with van der Waals surface area (Å²) in [6.45, 7) is 4.32. The molecule has 0 saturated heterocycles. The monoisotopic (exact) mass is 352 g/mol. The molecule has 2 heterocycles. The van der Waals surface area contributed by atoms with Crippen molar-refractivity contribution < 1.29 is 0 Å². The number of imidazole rings is 1. The first-order valence-electron chi connectivity index (χ1n) is 6.02. The summed E-state index contributed by atoms with van der Waals surface area (Å²) in [5.41, 5.74) is 2.21. The third-order valence-electron chi connectivity index (χ3n) is 3.24. The number of nitrogens with zero attached hydrogens (tertiary/aromatic N) is 1. The Hall–Kier alpha value is -0.910. The van der Waals surface area contributed by atoms with Crippen LogP contribution in [0.4, 0.5) is 0 Å². The van der Waals surface area contributed by atoms with Crippen molar-refractivity contribution in [3.63, 3.8) is 0 Å². The third kappa shape index (κ3) is 2.30. The molecular formula is C14H13BrN2S2. The second-order valence-corrected chi connectivity index (χ2v) is 7.21. The summed E-state index contributed by atoms with van der Waals surface area (Å²) in [5.74, 6) is 0. The second kappa shape index (κ2) is 4.89. The van der Waals surface area contributed by atoms with Crippen molar-refractivity contribution in [3.05, 3.63) is 49.3 Å². The standard InChI is InChI=1S/C14H13BrN2S2/c1-8-3-6-13(19-8)9(2)17-12-7-10(15)4-5-11(12)16-14(17)18/h3-7,9H,1-2H3,(H,16,18). The van der Waals surface area contributed by atoms with E-state index in [1.807, 2.05) is 17.4 Å². The van der Waals surface area contributed by atoms with Crippen LogP contribution in [0.25, 0.3) is 11.0 Å². The quantitative estimate of drug-likeness (QED) is 0.609. The lowest BCUT2D eigenvalue weighted by molar-refractivity contribution is 0.660. The van der Waals surface area contributed by atoms with Gasteiger partial charge in [-0.15, -0.1) is 11.3 Å². The molecule has 1 unspecified atom stereocenters. The molecule has 0 bridgehead atoms. The highest BCUT2D eigenvalue weighted by Crippen LogP contribution is 2.30. The van der Waals surface area contributed by atoms with Crippen LogP contribution in [-0.4, -0.2) is 9.55 Å². The fraction of sp³-hybridized carbons (Fsp3) is 0.214. The van der Waals surface area contributed by atoms with Crippen LogP contribution in [-0.2, 0) is 0 Å². The van der Waals surface area contributed by atoms with E-state index >= 15 is 0 Å².